The molecule has 1 aromatic carbocycles. The molecule has 0 aliphatic carbocycles. The summed E-state index contributed by atoms with van der Waals surface area (Å²) in [5.74, 6) is -2.17. The van der Waals surface area contributed by atoms with Gasteiger partial charge in [-0.15, -0.1) is 0 Å². The smallest absolute Gasteiger partial charge is 0.313 e. The minimum Gasteiger partial charge on any atom is -0.330 e. The van der Waals surface area contributed by atoms with Crippen molar-refractivity contribution in [2.75, 3.05) is 5.32 Å². The summed E-state index contributed by atoms with van der Waals surface area (Å²) < 4.78 is 26.9. The molecule has 1 N–H and O–H groups in total. The minimum absolute atomic E-state index is 0.0312. The third-order valence-corrected chi connectivity index (χ3v) is 2.40. The molecule has 20 heavy (non-hydrogen) atoms. The summed E-state index contributed by atoms with van der Waals surface area (Å²) in [6, 6.07) is 5.82. The number of pyridine rings is 1. The molecule has 1 aromatic heterocycles. The van der Waals surface area contributed by atoms with E-state index in [0.29, 0.717) is 0 Å². The van der Waals surface area contributed by atoms with Crippen molar-refractivity contribution in [3.63, 3.8) is 0 Å². The van der Waals surface area contributed by atoms with Crippen molar-refractivity contribution in [3.05, 3.63) is 57.8 Å². The molecule has 0 spiro atoms. The largest absolute Gasteiger partial charge is 0.330 e. The fourth-order valence-corrected chi connectivity index (χ4v) is 1.49. The van der Waals surface area contributed by atoms with Crippen LogP contribution in [-0.2, 0) is 0 Å². The fraction of sp³-hybridized carbons (Fsp3) is 0. The molecule has 0 saturated heterocycles. The number of hydrogen-bond donors (Lipinski definition) is 1. The van der Waals surface area contributed by atoms with Crippen molar-refractivity contribution in [1.29, 1.82) is 5.26 Å². The lowest BCUT2D eigenvalue weighted by molar-refractivity contribution is -0.384. The number of anilines is 2. The number of halogens is 2. The Morgan fingerprint density at radius 1 is 1.35 bits per heavy atom. The van der Waals surface area contributed by atoms with Gasteiger partial charge < -0.3 is 5.32 Å². The van der Waals surface area contributed by atoms with E-state index in [-0.39, 0.29) is 11.4 Å². The topological polar surface area (TPSA) is 91.8 Å². The second kappa shape index (κ2) is 5.27. The van der Waals surface area contributed by atoms with Crippen LogP contribution >= 0.6 is 0 Å². The number of rotatable bonds is 3. The Kier molecular flexibility index (Phi) is 3.52. The molecule has 8 heteroatoms. The summed E-state index contributed by atoms with van der Waals surface area (Å²) in [7, 11) is 0. The van der Waals surface area contributed by atoms with Gasteiger partial charge in [-0.1, -0.05) is 6.07 Å². The zero-order chi connectivity index (χ0) is 14.7. The molecule has 0 aliphatic rings. The Balaban J connectivity index is 2.49. The highest BCUT2D eigenvalue weighted by Gasteiger charge is 2.19. The Labute approximate surface area is 111 Å². The van der Waals surface area contributed by atoms with E-state index in [1.165, 1.54) is 0 Å². The average Bonchev–Trinajstić information content (AvgIpc) is 2.43. The second-order valence-electron chi connectivity index (χ2n) is 3.68. The highest BCUT2D eigenvalue weighted by Crippen LogP contribution is 2.28. The Hall–Kier alpha value is -3.08. The van der Waals surface area contributed by atoms with Crippen LogP contribution in [0.15, 0.2) is 30.5 Å². The number of nitrogens with zero attached hydrogens (tertiary/aromatic N) is 3. The van der Waals surface area contributed by atoms with Gasteiger partial charge in [-0.2, -0.15) is 5.26 Å². The van der Waals surface area contributed by atoms with Crippen LogP contribution in [0.4, 0.5) is 26.0 Å². The first kappa shape index (κ1) is 13.4. The van der Waals surface area contributed by atoms with E-state index >= 15 is 0 Å². The first-order chi connectivity index (χ1) is 9.52. The summed E-state index contributed by atoms with van der Waals surface area (Å²) in [5.41, 5.74) is -1.13. The van der Waals surface area contributed by atoms with E-state index in [9.17, 15) is 18.9 Å². The predicted molar refractivity (Wildman–Crippen MR) is 65.2 cm³/mol. The Bertz CT molecular complexity index is 708. The molecule has 2 aromatic rings. The fourth-order valence-electron chi connectivity index (χ4n) is 1.49. The van der Waals surface area contributed by atoms with Crippen LogP contribution in [0.25, 0.3) is 0 Å². The number of benzene rings is 1. The highest BCUT2D eigenvalue weighted by atomic mass is 19.1. The van der Waals surface area contributed by atoms with Gasteiger partial charge in [0.1, 0.15) is 23.4 Å². The quantitative estimate of drug-likeness (QED) is 0.687. The molecule has 2 rings (SSSR count). The number of hydrogen-bond acceptors (Lipinski definition) is 5. The van der Waals surface area contributed by atoms with Crippen molar-refractivity contribution < 1.29 is 13.7 Å². The van der Waals surface area contributed by atoms with Gasteiger partial charge in [0.2, 0.25) is 5.82 Å². The third-order valence-electron chi connectivity index (χ3n) is 2.40. The maximum absolute atomic E-state index is 13.5. The summed E-state index contributed by atoms with van der Waals surface area (Å²) in [6.07, 6.45) is 1.06. The van der Waals surface area contributed by atoms with Crippen molar-refractivity contribution in [2.45, 2.75) is 0 Å². The van der Waals surface area contributed by atoms with Gasteiger partial charge >= 0.3 is 5.69 Å². The van der Waals surface area contributed by atoms with Gasteiger partial charge in [0.25, 0.3) is 0 Å². The van der Waals surface area contributed by atoms with Gasteiger partial charge in [0.05, 0.1) is 10.5 Å². The number of nitrogens with one attached hydrogen (secondary N) is 1. The monoisotopic (exact) mass is 276 g/mol. The number of nitro groups is 1. The molecule has 0 atom stereocenters. The van der Waals surface area contributed by atoms with Crippen molar-refractivity contribution in [3.8, 4) is 6.07 Å². The van der Waals surface area contributed by atoms with Gasteiger partial charge in [-0.3, -0.25) is 10.1 Å². The van der Waals surface area contributed by atoms with Crippen molar-refractivity contribution >= 4 is 17.2 Å². The summed E-state index contributed by atoms with van der Waals surface area (Å²) >= 11 is 0. The Morgan fingerprint density at radius 2 is 2.00 bits per heavy atom. The van der Waals surface area contributed by atoms with Crippen LogP contribution in [0.1, 0.15) is 5.56 Å². The highest BCUT2D eigenvalue weighted by molar-refractivity contribution is 5.67. The lowest BCUT2D eigenvalue weighted by atomic mass is 10.2. The number of para-hydroxylation sites is 1. The summed E-state index contributed by atoms with van der Waals surface area (Å²) in [5, 5.41) is 21.8. The molecule has 0 fully saturated rings. The normalized spacial score (nSPS) is 9.85. The van der Waals surface area contributed by atoms with Crippen LogP contribution in [0, 0.1) is 33.1 Å². The third kappa shape index (κ3) is 2.51. The summed E-state index contributed by atoms with van der Waals surface area (Å²) in [4.78, 5) is 13.7. The zero-order valence-electron chi connectivity index (χ0n) is 9.80. The first-order valence-electron chi connectivity index (χ1n) is 5.28. The molecule has 6 nitrogen and oxygen atoms in total. The van der Waals surface area contributed by atoms with Gasteiger partial charge in [0.15, 0.2) is 0 Å². The minimum atomic E-state index is -0.912. The van der Waals surface area contributed by atoms with Crippen LogP contribution in [0.2, 0.25) is 0 Å². The van der Waals surface area contributed by atoms with Crippen molar-refractivity contribution in [1.82, 2.24) is 4.98 Å². The molecule has 100 valence electrons. The molecule has 0 unspecified atom stereocenters. The van der Waals surface area contributed by atoms with Gasteiger partial charge in [0, 0.05) is 12.3 Å². The molecule has 0 radical (unpaired) electrons. The lowest BCUT2D eigenvalue weighted by Crippen LogP contribution is -2.03. The SMILES string of the molecule is N#Cc1cnc(Nc2c(F)cccc2F)c([N+](=O)[O-])c1. The van der Waals surface area contributed by atoms with Crippen LogP contribution in [0.3, 0.4) is 0 Å². The van der Waals surface area contributed by atoms with E-state index in [1.807, 2.05) is 0 Å². The molecule has 0 amide bonds. The second-order valence-corrected chi connectivity index (χ2v) is 3.68. The molecule has 0 saturated carbocycles. The van der Waals surface area contributed by atoms with E-state index in [4.69, 9.17) is 5.26 Å². The van der Waals surface area contributed by atoms with Crippen molar-refractivity contribution in [2.24, 2.45) is 0 Å². The molecule has 0 aliphatic heterocycles. The maximum Gasteiger partial charge on any atom is 0.313 e. The van der Waals surface area contributed by atoms with Gasteiger partial charge in [-0.05, 0) is 12.1 Å². The molecule has 0 bridgehead atoms. The van der Waals surface area contributed by atoms with E-state index in [1.54, 1.807) is 6.07 Å². The van der Waals surface area contributed by atoms with Gasteiger partial charge in [-0.25, -0.2) is 13.8 Å². The number of nitriles is 1. The van der Waals surface area contributed by atoms with Crippen LogP contribution in [0.5, 0.6) is 0 Å². The summed E-state index contributed by atoms with van der Waals surface area (Å²) in [6.45, 7) is 0. The molecular formula is C12H6F2N4O2. The number of aromatic nitrogens is 1. The predicted octanol–water partition coefficient (Wildman–Crippen LogP) is 2.88. The van der Waals surface area contributed by atoms with E-state index < -0.39 is 27.9 Å². The molecule has 1 heterocycles. The zero-order valence-corrected chi connectivity index (χ0v) is 9.80. The van der Waals surface area contributed by atoms with E-state index in [0.717, 1.165) is 30.5 Å². The standard InChI is InChI=1S/C12H6F2N4O2/c13-8-2-1-3-9(14)11(8)17-12-10(18(19)20)4-7(5-15)6-16-12/h1-4,6H,(H,16,17). The average molecular weight is 276 g/mol. The van der Waals surface area contributed by atoms with Crippen LogP contribution in [-0.4, -0.2) is 9.91 Å². The van der Waals surface area contributed by atoms with E-state index in [2.05, 4.69) is 10.3 Å². The lowest BCUT2D eigenvalue weighted by Gasteiger charge is -2.08. The Morgan fingerprint density at radius 3 is 2.55 bits per heavy atom. The molecular weight excluding hydrogens is 270 g/mol. The first-order valence-corrected chi connectivity index (χ1v) is 5.28. The maximum atomic E-state index is 13.5. The van der Waals surface area contributed by atoms with Crippen LogP contribution < -0.4 is 5.32 Å².